The summed E-state index contributed by atoms with van der Waals surface area (Å²) in [6.07, 6.45) is 6.84. The van der Waals surface area contributed by atoms with Crippen LogP contribution in [0.15, 0.2) is 36.0 Å². The molecule has 0 saturated carbocycles. The summed E-state index contributed by atoms with van der Waals surface area (Å²) in [5.74, 6) is 0.738. The van der Waals surface area contributed by atoms with Gasteiger partial charge in [0, 0.05) is 17.1 Å². The third kappa shape index (κ3) is 2.88. The Bertz CT molecular complexity index is 521. The summed E-state index contributed by atoms with van der Waals surface area (Å²) < 4.78 is 0. The highest BCUT2D eigenvalue weighted by Gasteiger charge is 2.25. The van der Waals surface area contributed by atoms with Gasteiger partial charge in [-0.25, -0.2) is 0 Å². The Hall–Kier alpha value is -1.19. The number of benzene rings is 1. The van der Waals surface area contributed by atoms with Crippen molar-refractivity contribution in [3.63, 3.8) is 0 Å². The van der Waals surface area contributed by atoms with Gasteiger partial charge < -0.3 is 5.32 Å². The molecule has 1 aromatic heterocycles. The average molecular weight is 272 g/mol. The van der Waals surface area contributed by atoms with Crippen LogP contribution in [0.3, 0.4) is 0 Å². The Morgan fingerprint density at radius 2 is 2.21 bits per heavy atom. The Balaban J connectivity index is 1.72. The van der Waals surface area contributed by atoms with Crippen molar-refractivity contribution in [2.24, 2.45) is 5.92 Å². The van der Waals surface area contributed by atoms with Crippen molar-refractivity contribution in [1.29, 1.82) is 0 Å². The number of aromatic nitrogens is 1. The summed E-state index contributed by atoms with van der Waals surface area (Å²) in [6.45, 7) is 0. The van der Waals surface area contributed by atoms with E-state index in [-0.39, 0.29) is 0 Å². The molecule has 0 saturated heterocycles. The summed E-state index contributed by atoms with van der Waals surface area (Å²) in [7, 11) is 2.09. The number of aryl methyl sites for hydroxylation is 1. The van der Waals surface area contributed by atoms with Crippen LogP contribution in [0.1, 0.15) is 22.4 Å². The molecule has 0 amide bonds. The van der Waals surface area contributed by atoms with E-state index < -0.39 is 0 Å². The summed E-state index contributed by atoms with van der Waals surface area (Å²) >= 11 is 1.77. The molecule has 1 N–H and O–H groups in total. The van der Waals surface area contributed by atoms with Gasteiger partial charge in [-0.1, -0.05) is 24.3 Å². The maximum atomic E-state index is 4.18. The van der Waals surface area contributed by atoms with Crippen LogP contribution in [-0.2, 0) is 19.3 Å². The highest BCUT2D eigenvalue weighted by atomic mass is 32.1. The Morgan fingerprint density at radius 1 is 1.37 bits per heavy atom. The fourth-order valence-electron chi connectivity index (χ4n) is 3.13. The molecule has 19 heavy (non-hydrogen) atoms. The molecule has 1 aromatic carbocycles. The number of hydrogen-bond donors (Lipinski definition) is 1. The van der Waals surface area contributed by atoms with E-state index in [1.54, 1.807) is 22.5 Å². The standard InChI is InChI=1S/C16H20N2S/c1-17-16(9-15-10-18-11-19-15)14-7-6-12-4-2-3-5-13(12)8-14/h2-5,10-11,14,16-17H,6-9H2,1H3. The lowest BCUT2D eigenvalue weighted by atomic mass is 9.79. The van der Waals surface area contributed by atoms with E-state index in [1.807, 2.05) is 11.7 Å². The van der Waals surface area contributed by atoms with Crippen LogP contribution in [0.5, 0.6) is 0 Å². The zero-order chi connectivity index (χ0) is 13.1. The normalized spacial score (nSPS) is 19.9. The molecule has 0 radical (unpaired) electrons. The van der Waals surface area contributed by atoms with E-state index in [2.05, 4.69) is 41.6 Å². The molecule has 0 bridgehead atoms. The van der Waals surface area contributed by atoms with Gasteiger partial charge in [0.2, 0.25) is 0 Å². The topological polar surface area (TPSA) is 24.9 Å². The first-order valence-corrected chi connectivity index (χ1v) is 7.86. The van der Waals surface area contributed by atoms with Gasteiger partial charge in [0.1, 0.15) is 0 Å². The van der Waals surface area contributed by atoms with Crippen molar-refractivity contribution in [2.75, 3.05) is 7.05 Å². The quantitative estimate of drug-likeness (QED) is 0.925. The van der Waals surface area contributed by atoms with Gasteiger partial charge in [-0.3, -0.25) is 4.98 Å². The fraction of sp³-hybridized carbons (Fsp3) is 0.438. The molecular weight excluding hydrogens is 252 g/mol. The van der Waals surface area contributed by atoms with Gasteiger partial charge in [-0.2, -0.15) is 0 Å². The maximum Gasteiger partial charge on any atom is 0.0794 e. The van der Waals surface area contributed by atoms with Crippen molar-refractivity contribution < 1.29 is 0 Å². The van der Waals surface area contributed by atoms with Crippen molar-refractivity contribution >= 4 is 11.3 Å². The molecule has 100 valence electrons. The Labute approximate surface area is 118 Å². The average Bonchev–Trinajstić information content (AvgIpc) is 2.97. The monoisotopic (exact) mass is 272 g/mol. The number of fused-ring (bicyclic) bond motifs is 1. The smallest absolute Gasteiger partial charge is 0.0794 e. The molecule has 2 aromatic rings. The lowest BCUT2D eigenvalue weighted by molar-refractivity contribution is 0.334. The molecule has 2 atom stereocenters. The number of nitrogens with one attached hydrogen (secondary N) is 1. The lowest BCUT2D eigenvalue weighted by Crippen LogP contribution is -2.38. The predicted molar refractivity (Wildman–Crippen MR) is 80.6 cm³/mol. The van der Waals surface area contributed by atoms with Crippen LogP contribution in [0.25, 0.3) is 0 Å². The minimum absolute atomic E-state index is 0.564. The van der Waals surface area contributed by atoms with Crippen molar-refractivity contribution in [1.82, 2.24) is 10.3 Å². The van der Waals surface area contributed by atoms with Crippen molar-refractivity contribution in [3.05, 3.63) is 52.0 Å². The molecule has 2 nitrogen and oxygen atoms in total. The zero-order valence-corrected chi connectivity index (χ0v) is 12.1. The van der Waals surface area contributed by atoms with Crippen LogP contribution < -0.4 is 5.32 Å². The molecule has 3 rings (SSSR count). The molecule has 1 aliphatic carbocycles. The van der Waals surface area contributed by atoms with Crippen molar-refractivity contribution in [3.8, 4) is 0 Å². The third-order valence-electron chi connectivity index (χ3n) is 4.23. The third-order valence-corrected chi connectivity index (χ3v) is 5.03. The minimum atomic E-state index is 0.564. The number of hydrogen-bond acceptors (Lipinski definition) is 3. The van der Waals surface area contributed by atoms with Crippen LogP contribution >= 0.6 is 11.3 Å². The summed E-state index contributed by atoms with van der Waals surface area (Å²) in [4.78, 5) is 5.57. The van der Waals surface area contributed by atoms with E-state index in [1.165, 1.54) is 24.1 Å². The Kier molecular flexibility index (Phi) is 3.95. The second-order valence-electron chi connectivity index (χ2n) is 5.34. The largest absolute Gasteiger partial charge is 0.316 e. The van der Waals surface area contributed by atoms with Crippen molar-refractivity contribution in [2.45, 2.75) is 31.7 Å². The van der Waals surface area contributed by atoms with Gasteiger partial charge >= 0.3 is 0 Å². The van der Waals surface area contributed by atoms with E-state index in [0.29, 0.717) is 6.04 Å². The SMILES string of the molecule is CNC(Cc1cncs1)C1CCc2ccccc2C1. The van der Waals surface area contributed by atoms with E-state index in [0.717, 1.165) is 12.3 Å². The predicted octanol–water partition coefficient (Wildman–Crippen LogP) is 3.08. The van der Waals surface area contributed by atoms with Crippen LogP contribution in [0.2, 0.25) is 0 Å². The molecular formula is C16H20N2S. The first-order chi connectivity index (χ1) is 9.36. The lowest BCUT2D eigenvalue weighted by Gasteiger charge is -2.31. The number of rotatable bonds is 4. The van der Waals surface area contributed by atoms with Gasteiger partial charge in [0.05, 0.1) is 5.51 Å². The van der Waals surface area contributed by atoms with Crippen LogP contribution in [0, 0.1) is 5.92 Å². The van der Waals surface area contributed by atoms with Gasteiger partial charge in [0.15, 0.2) is 0 Å². The molecule has 3 heteroatoms. The zero-order valence-electron chi connectivity index (χ0n) is 11.3. The second kappa shape index (κ2) is 5.85. The molecule has 1 aliphatic rings. The molecule has 1 heterocycles. The second-order valence-corrected chi connectivity index (χ2v) is 6.31. The van der Waals surface area contributed by atoms with E-state index in [9.17, 15) is 0 Å². The van der Waals surface area contributed by atoms with E-state index in [4.69, 9.17) is 0 Å². The first kappa shape index (κ1) is 12.8. The molecule has 2 unspecified atom stereocenters. The van der Waals surface area contributed by atoms with Crippen LogP contribution in [0.4, 0.5) is 0 Å². The number of likely N-dealkylation sites (N-methyl/N-ethyl adjacent to an activating group) is 1. The highest BCUT2D eigenvalue weighted by Crippen LogP contribution is 2.29. The highest BCUT2D eigenvalue weighted by molar-refractivity contribution is 7.09. The van der Waals surface area contributed by atoms with Gasteiger partial charge in [-0.15, -0.1) is 11.3 Å². The Morgan fingerprint density at radius 3 is 2.95 bits per heavy atom. The van der Waals surface area contributed by atoms with Gasteiger partial charge in [0.25, 0.3) is 0 Å². The summed E-state index contributed by atoms with van der Waals surface area (Å²) in [5, 5.41) is 3.52. The number of nitrogens with zero attached hydrogens (tertiary/aromatic N) is 1. The molecule has 0 aliphatic heterocycles. The summed E-state index contributed by atoms with van der Waals surface area (Å²) in [6, 6.07) is 9.46. The van der Waals surface area contributed by atoms with Crippen LogP contribution in [-0.4, -0.2) is 18.1 Å². The molecule has 0 spiro atoms. The minimum Gasteiger partial charge on any atom is -0.316 e. The van der Waals surface area contributed by atoms with E-state index >= 15 is 0 Å². The maximum absolute atomic E-state index is 4.18. The number of thiazole rings is 1. The molecule has 0 fully saturated rings. The summed E-state index contributed by atoms with van der Waals surface area (Å²) in [5.41, 5.74) is 5.02. The fourth-order valence-corrected chi connectivity index (χ4v) is 3.79. The van der Waals surface area contributed by atoms with Gasteiger partial charge in [-0.05, 0) is 49.8 Å². The first-order valence-electron chi connectivity index (χ1n) is 6.98.